The topological polar surface area (TPSA) is 108 Å². The molecule has 0 amide bonds. The van der Waals surface area contributed by atoms with Gasteiger partial charge in [-0.3, -0.25) is 4.79 Å². The molecule has 1 aromatic heterocycles. The molecule has 7 nitrogen and oxygen atoms in total. The highest BCUT2D eigenvalue weighted by molar-refractivity contribution is 7.89. The van der Waals surface area contributed by atoms with Gasteiger partial charge in [0.15, 0.2) is 0 Å². The first-order valence-electron chi connectivity index (χ1n) is 9.10. The molecule has 3 aromatic rings. The van der Waals surface area contributed by atoms with E-state index in [1.165, 1.54) is 7.11 Å². The van der Waals surface area contributed by atoms with Gasteiger partial charge in [-0.25, -0.2) is 8.42 Å². The largest absolute Gasteiger partial charge is 0.496 e. The Labute approximate surface area is 169 Å². The maximum absolute atomic E-state index is 13.1. The minimum atomic E-state index is -4.07. The number of aliphatic carboxylic acids is 1. The Hall–Kier alpha value is -2.84. The number of hydrogen-bond donors (Lipinski definition) is 3. The van der Waals surface area contributed by atoms with Gasteiger partial charge in [-0.05, 0) is 55.2 Å². The Morgan fingerprint density at radius 1 is 1.21 bits per heavy atom. The van der Waals surface area contributed by atoms with Gasteiger partial charge in [0.1, 0.15) is 11.8 Å². The molecule has 0 fully saturated rings. The third-order valence-corrected chi connectivity index (χ3v) is 6.92. The van der Waals surface area contributed by atoms with Crippen LogP contribution < -0.4 is 9.46 Å². The smallest absolute Gasteiger partial charge is 0.322 e. The Kier molecular flexibility index (Phi) is 5.68. The number of fused-ring (bicyclic) bond motifs is 1. The summed E-state index contributed by atoms with van der Waals surface area (Å²) in [6, 6.07) is 7.82. The van der Waals surface area contributed by atoms with Gasteiger partial charge in [-0.1, -0.05) is 18.2 Å². The molecule has 0 radical (unpaired) electrons. The van der Waals surface area contributed by atoms with Crippen LogP contribution in [0.1, 0.15) is 22.3 Å². The summed E-state index contributed by atoms with van der Waals surface area (Å²) in [5.74, 6) is -0.646. The van der Waals surface area contributed by atoms with Gasteiger partial charge in [0.2, 0.25) is 10.0 Å². The van der Waals surface area contributed by atoms with Crippen molar-refractivity contribution in [1.82, 2.24) is 9.71 Å². The van der Waals surface area contributed by atoms with E-state index in [1.807, 2.05) is 24.3 Å². The van der Waals surface area contributed by atoms with Crippen molar-refractivity contribution < 1.29 is 23.1 Å². The average Bonchev–Trinajstić information content (AvgIpc) is 3.06. The standard InChI is InChI=1S/C21H24N2O5S/c1-12-9-19(28-4)13(2)14(3)20(12)29(26,27)23-18(21(24)25)10-15-11-22-17-8-6-5-7-16(15)17/h5-9,11,18,22-23H,10H2,1-4H3,(H,24,25)/t18-/m1/s1. The third kappa shape index (κ3) is 3.99. The zero-order valence-electron chi connectivity index (χ0n) is 16.7. The number of para-hydroxylation sites is 1. The van der Waals surface area contributed by atoms with Gasteiger partial charge in [0.05, 0.1) is 12.0 Å². The molecular weight excluding hydrogens is 392 g/mol. The first-order valence-corrected chi connectivity index (χ1v) is 10.6. The summed E-state index contributed by atoms with van der Waals surface area (Å²) in [6.07, 6.45) is 1.73. The van der Waals surface area contributed by atoms with Crippen LogP contribution in [0.25, 0.3) is 10.9 Å². The van der Waals surface area contributed by atoms with Gasteiger partial charge >= 0.3 is 5.97 Å². The van der Waals surface area contributed by atoms with Crippen molar-refractivity contribution >= 4 is 26.9 Å². The average molecular weight is 416 g/mol. The number of benzene rings is 2. The van der Waals surface area contributed by atoms with Gasteiger partial charge < -0.3 is 14.8 Å². The number of nitrogens with one attached hydrogen (secondary N) is 2. The number of carboxylic acids is 1. The Bertz CT molecular complexity index is 1180. The molecule has 29 heavy (non-hydrogen) atoms. The summed E-state index contributed by atoms with van der Waals surface area (Å²) in [5, 5.41) is 10.5. The fourth-order valence-electron chi connectivity index (χ4n) is 3.59. The second-order valence-electron chi connectivity index (χ2n) is 7.05. The molecule has 0 aliphatic heterocycles. The number of carboxylic acid groups (broad SMARTS) is 1. The number of methoxy groups -OCH3 is 1. The molecule has 0 saturated heterocycles. The number of aromatic nitrogens is 1. The highest BCUT2D eigenvalue weighted by atomic mass is 32.2. The molecular formula is C21H24N2O5S. The summed E-state index contributed by atoms with van der Waals surface area (Å²) >= 11 is 0. The Balaban J connectivity index is 1.97. The summed E-state index contributed by atoms with van der Waals surface area (Å²) in [4.78, 5) is 15.0. The van der Waals surface area contributed by atoms with E-state index in [0.29, 0.717) is 22.4 Å². The van der Waals surface area contributed by atoms with Crippen molar-refractivity contribution in [3.05, 3.63) is 58.8 Å². The van der Waals surface area contributed by atoms with Gasteiger partial charge in [0, 0.05) is 23.5 Å². The van der Waals surface area contributed by atoms with Crippen LogP contribution in [0.3, 0.4) is 0 Å². The highest BCUT2D eigenvalue weighted by Crippen LogP contribution is 2.30. The van der Waals surface area contributed by atoms with Crippen LogP contribution in [0.5, 0.6) is 5.75 Å². The van der Waals surface area contributed by atoms with Crippen LogP contribution >= 0.6 is 0 Å². The SMILES string of the molecule is COc1cc(C)c(S(=O)(=O)N[C@H](Cc2c[nH]c3ccccc23)C(=O)O)c(C)c1C. The van der Waals surface area contributed by atoms with E-state index in [2.05, 4.69) is 9.71 Å². The molecule has 1 atom stereocenters. The summed E-state index contributed by atoms with van der Waals surface area (Å²) in [6.45, 7) is 5.13. The molecule has 0 aliphatic carbocycles. The van der Waals surface area contributed by atoms with Crippen molar-refractivity contribution in [2.24, 2.45) is 0 Å². The lowest BCUT2D eigenvalue weighted by Crippen LogP contribution is -2.42. The van der Waals surface area contributed by atoms with E-state index in [1.54, 1.807) is 33.0 Å². The van der Waals surface area contributed by atoms with Crippen LogP contribution in [0.15, 0.2) is 41.4 Å². The molecule has 154 valence electrons. The summed E-state index contributed by atoms with van der Waals surface area (Å²) in [5.41, 5.74) is 3.32. The molecule has 0 spiro atoms. The molecule has 0 aliphatic rings. The normalized spacial score (nSPS) is 12.8. The van der Waals surface area contributed by atoms with Crippen molar-refractivity contribution in [3.8, 4) is 5.75 Å². The lowest BCUT2D eigenvalue weighted by Gasteiger charge is -2.19. The van der Waals surface area contributed by atoms with E-state index in [4.69, 9.17) is 4.74 Å². The van der Waals surface area contributed by atoms with Crippen molar-refractivity contribution in [1.29, 1.82) is 0 Å². The number of sulfonamides is 1. The minimum absolute atomic E-state index is 0.0197. The zero-order valence-corrected chi connectivity index (χ0v) is 17.6. The Morgan fingerprint density at radius 2 is 1.90 bits per heavy atom. The van der Waals surface area contributed by atoms with Gasteiger partial charge in [0.25, 0.3) is 0 Å². The highest BCUT2D eigenvalue weighted by Gasteiger charge is 2.29. The molecule has 0 saturated carbocycles. The van der Waals surface area contributed by atoms with E-state index in [9.17, 15) is 18.3 Å². The van der Waals surface area contributed by atoms with E-state index in [0.717, 1.165) is 16.5 Å². The molecule has 3 rings (SSSR count). The molecule has 3 N–H and O–H groups in total. The molecule has 0 unspecified atom stereocenters. The van der Waals surface area contributed by atoms with Crippen LogP contribution in [-0.2, 0) is 21.2 Å². The lowest BCUT2D eigenvalue weighted by atomic mass is 10.1. The van der Waals surface area contributed by atoms with Crippen LogP contribution in [0.2, 0.25) is 0 Å². The molecule has 1 heterocycles. The maximum atomic E-state index is 13.1. The predicted octanol–water partition coefficient (Wildman–Crippen LogP) is 3.08. The number of hydrogen-bond acceptors (Lipinski definition) is 4. The lowest BCUT2D eigenvalue weighted by molar-refractivity contribution is -0.138. The number of aryl methyl sites for hydroxylation is 1. The van der Waals surface area contributed by atoms with Gasteiger partial charge in [-0.15, -0.1) is 0 Å². The fraction of sp³-hybridized carbons (Fsp3) is 0.286. The van der Waals surface area contributed by atoms with Crippen LogP contribution in [-0.4, -0.2) is 37.6 Å². The summed E-state index contributed by atoms with van der Waals surface area (Å²) in [7, 11) is -2.54. The first kappa shape index (κ1) is 20.9. The number of ether oxygens (including phenoxy) is 1. The van der Waals surface area contributed by atoms with E-state index < -0.39 is 22.0 Å². The Morgan fingerprint density at radius 3 is 2.55 bits per heavy atom. The second kappa shape index (κ2) is 7.88. The second-order valence-corrected chi connectivity index (χ2v) is 8.70. The quantitative estimate of drug-likeness (QED) is 0.548. The van der Waals surface area contributed by atoms with Crippen molar-refractivity contribution in [2.75, 3.05) is 7.11 Å². The van der Waals surface area contributed by atoms with Crippen molar-refractivity contribution in [3.63, 3.8) is 0 Å². The third-order valence-electron chi connectivity index (χ3n) is 5.16. The number of carbonyl (C=O) groups is 1. The maximum Gasteiger partial charge on any atom is 0.322 e. The first-order chi connectivity index (χ1) is 13.7. The molecule has 2 aromatic carbocycles. The fourth-order valence-corrected chi connectivity index (χ4v) is 5.31. The zero-order chi connectivity index (χ0) is 21.3. The monoisotopic (exact) mass is 416 g/mol. The van der Waals surface area contributed by atoms with Crippen LogP contribution in [0, 0.1) is 20.8 Å². The number of rotatable bonds is 7. The number of H-pyrrole nitrogens is 1. The predicted molar refractivity (Wildman–Crippen MR) is 111 cm³/mol. The van der Waals surface area contributed by atoms with Gasteiger partial charge in [-0.2, -0.15) is 4.72 Å². The number of aromatic amines is 1. The van der Waals surface area contributed by atoms with E-state index >= 15 is 0 Å². The summed E-state index contributed by atoms with van der Waals surface area (Å²) < 4.78 is 33.9. The van der Waals surface area contributed by atoms with Crippen molar-refractivity contribution in [2.45, 2.75) is 38.1 Å². The molecule has 8 heteroatoms. The molecule has 0 bridgehead atoms. The minimum Gasteiger partial charge on any atom is -0.496 e. The van der Waals surface area contributed by atoms with E-state index in [-0.39, 0.29) is 11.3 Å². The van der Waals surface area contributed by atoms with Crippen LogP contribution in [0.4, 0.5) is 0 Å².